The van der Waals surface area contributed by atoms with Gasteiger partial charge in [-0.2, -0.15) is 0 Å². The number of aliphatic carboxylic acids is 1. The second-order valence-electron chi connectivity index (χ2n) is 7.67. The van der Waals surface area contributed by atoms with Crippen LogP contribution in [0.15, 0.2) is 24.3 Å². The molecule has 1 aromatic carbocycles. The van der Waals surface area contributed by atoms with E-state index in [1.54, 1.807) is 11.9 Å². The molecule has 1 saturated heterocycles. The van der Waals surface area contributed by atoms with Crippen molar-refractivity contribution in [3.8, 4) is 0 Å². The number of carboxylic acids is 1. The molecule has 6 heteroatoms. The van der Waals surface area contributed by atoms with E-state index >= 15 is 0 Å². The van der Waals surface area contributed by atoms with E-state index in [0.717, 1.165) is 11.1 Å². The first-order chi connectivity index (χ1) is 12.1. The number of piperidine rings is 1. The molecule has 1 heterocycles. The summed E-state index contributed by atoms with van der Waals surface area (Å²) in [5, 5.41) is 9.16. The maximum atomic E-state index is 12.9. The first kappa shape index (κ1) is 19.9. The van der Waals surface area contributed by atoms with Crippen molar-refractivity contribution in [3.63, 3.8) is 0 Å². The number of hydrogen-bond acceptors (Lipinski definition) is 3. The fourth-order valence-corrected chi connectivity index (χ4v) is 3.35. The Labute approximate surface area is 154 Å². The van der Waals surface area contributed by atoms with E-state index in [2.05, 4.69) is 0 Å². The van der Waals surface area contributed by atoms with Crippen LogP contribution in [0.25, 0.3) is 0 Å². The van der Waals surface area contributed by atoms with Crippen molar-refractivity contribution < 1.29 is 19.5 Å². The molecule has 1 aromatic rings. The maximum Gasteiger partial charge on any atom is 0.308 e. The minimum absolute atomic E-state index is 0.0412. The van der Waals surface area contributed by atoms with Crippen LogP contribution in [-0.2, 0) is 19.8 Å². The lowest BCUT2D eigenvalue weighted by atomic mass is 9.83. The van der Waals surface area contributed by atoms with Crippen LogP contribution in [-0.4, -0.2) is 59.4 Å². The van der Waals surface area contributed by atoms with E-state index in [1.807, 2.05) is 45.0 Å². The van der Waals surface area contributed by atoms with Crippen LogP contribution in [0.4, 0.5) is 0 Å². The molecule has 26 heavy (non-hydrogen) atoms. The Morgan fingerprint density at radius 1 is 1.23 bits per heavy atom. The zero-order valence-electron chi connectivity index (χ0n) is 16.0. The number of carboxylic acid groups (broad SMARTS) is 1. The Morgan fingerprint density at radius 3 is 2.42 bits per heavy atom. The summed E-state index contributed by atoms with van der Waals surface area (Å²) >= 11 is 0. The number of likely N-dealkylation sites (tertiary alicyclic amines) is 1. The third-order valence-electron chi connectivity index (χ3n) is 5.15. The highest BCUT2D eigenvalue weighted by Crippen LogP contribution is 2.26. The van der Waals surface area contributed by atoms with Crippen molar-refractivity contribution in [2.24, 2.45) is 5.92 Å². The number of amides is 2. The monoisotopic (exact) mass is 360 g/mol. The van der Waals surface area contributed by atoms with Gasteiger partial charge < -0.3 is 14.9 Å². The fourth-order valence-electron chi connectivity index (χ4n) is 3.35. The minimum atomic E-state index is -0.868. The Balaban J connectivity index is 2.02. The molecule has 0 spiro atoms. The van der Waals surface area contributed by atoms with E-state index in [1.165, 1.54) is 4.90 Å². The van der Waals surface area contributed by atoms with E-state index in [-0.39, 0.29) is 24.9 Å². The summed E-state index contributed by atoms with van der Waals surface area (Å²) in [6.07, 6.45) is 1.27. The lowest BCUT2D eigenvalue weighted by Gasteiger charge is -2.34. The first-order valence-corrected chi connectivity index (χ1v) is 8.96. The van der Waals surface area contributed by atoms with Gasteiger partial charge in [-0.05, 0) is 39.2 Å². The highest BCUT2D eigenvalue weighted by atomic mass is 16.4. The molecule has 0 aromatic heterocycles. The van der Waals surface area contributed by atoms with Crippen molar-refractivity contribution in [2.75, 3.05) is 26.7 Å². The third kappa shape index (κ3) is 4.42. The summed E-state index contributed by atoms with van der Waals surface area (Å²) in [4.78, 5) is 39.6. The van der Waals surface area contributed by atoms with Gasteiger partial charge in [0, 0.05) is 20.1 Å². The van der Waals surface area contributed by atoms with Crippen LogP contribution in [0.5, 0.6) is 0 Å². The predicted octanol–water partition coefficient (Wildman–Crippen LogP) is 2.05. The van der Waals surface area contributed by atoms with Crippen molar-refractivity contribution in [3.05, 3.63) is 35.4 Å². The standard InChI is InChI=1S/C20H28N2O4/c1-14-7-9-16(10-8-14)20(2,3)19(26)21(4)13-17(23)22-11-5-6-15(12-22)18(24)25/h7-10,15H,5-6,11-13H2,1-4H3,(H,24,25). The normalized spacial score (nSPS) is 17.7. The van der Waals surface area contributed by atoms with Gasteiger partial charge in [-0.1, -0.05) is 29.8 Å². The predicted molar refractivity (Wildman–Crippen MR) is 98.8 cm³/mol. The Morgan fingerprint density at radius 2 is 1.85 bits per heavy atom. The molecule has 1 fully saturated rings. The average molecular weight is 360 g/mol. The van der Waals surface area contributed by atoms with Gasteiger partial charge in [0.25, 0.3) is 0 Å². The van der Waals surface area contributed by atoms with Gasteiger partial charge in [0.05, 0.1) is 17.9 Å². The number of benzene rings is 1. The van der Waals surface area contributed by atoms with Crippen LogP contribution >= 0.6 is 0 Å². The summed E-state index contributed by atoms with van der Waals surface area (Å²) in [6, 6.07) is 7.81. The molecule has 2 amide bonds. The van der Waals surface area contributed by atoms with Crippen molar-refractivity contribution >= 4 is 17.8 Å². The van der Waals surface area contributed by atoms with Gasteiger partial charge in [-0.25, -0.2) is 0 Å². The fraction of sp³-hybridized carbons (Fsp3) is 0.550. The SMILES string of the molecule is Cc1ccc(C(C)(C)C(=O)N(C)CC(=O)N2CCCC(C(=O)O)C2)cc1. The second-order valence-corrected chi connectivity index (χ2v) is 7.67. The van der Waals surface area contributed by atoms with Crippen LogP contribution < -0.4 is 0 Å². The molecule has 142 valence electrons. The zero-order chi connectivity index (χ0) is 19.5. The van der Waals surface area contributed by atoms with Crippen LogP contribution in [0, 0.1) is 12.8 Å². The number of rotatable bonds is 5. The smallest absolute Gasteiger partial charge is 0.308 e. The average Bonchev–Trinajstić information content (AvgIpc) is 2.61. The number of aryl methyl sites for hydroxylation is 1. The number of hydrogen-bond donors (Lipinski definition) is 1. The highest BCUT2D eigenvalue weighted by Gasteiger charge is 2.34. The molecule has 1 aliphatic heterocycles. The van der Waals surface area contributed by atoms with Gasteiger partial charge in [0.1, 0.15) is 0 Å². The second kappa shape index (κ2) is 7.89. The Kier molecular flexibility index (Phi) is 6.05. The molecule has 6 nitrogen and oxygen atoms in total. The van der Waals surface area contributed by atoms with Crippen molar-refractivity contribution in [1.82, 2.24) is 9.80 Å². The first-order valence-electron chi connectivity index (χ1n) is 8.96. The molecule has 0 radical (unpaired) electrons. The number of likely N-dealkylation sites (N-methyl/N-ethyl adjacent to an activating group) is 1. The molecule has 1 atom stereocenters. The minimum Gasteiger partial charge on any atom is -0.481 e. The van der Waals surface area contributed by atoms with Gasteiger partial charge in [0.2, 0.25) is 11.8 Å². The summed E-state index contributed by atoms with van der Waals surface area (Å²) in [7, 11) is 1.62. The molecule has 1 unspecified atom stereocenters. The van der Waals surface area contributed by atoms with Gasteiger partial charge in [-0.3, -0.25) is 14.4 Å². The highest BCUT2D eigenvalue weighted by molar-refractivity contribution is 5.91. The quantitative estimate of drug-likeness (QED) is 0.872. The molecule has 0 saturated carbocycles. The van der Waals surface area contributed by atoms with Crippen LogP contribution in [0.3, 0.4) is 0 Å². The van der Waals surface area contributed by atoms with E-state index in [0.29, 0.717) is 19.4 Å². The lowest BCUT2D eigenvalue weighted by Crippen LogP contribution is -2.49. The summed E-state index contributed by atoms with van der Waals surface area (Å²) in [5.74, 6) is -1.72. The molecule has 1 N–H and O–H groups in total. The molecular weight excluding hydrogens is 332 g/mol. The van der Waals surface area contributed by atoms with Crippen molar-refractivity contribution in [1.29, 1.82) is 0 Å². The molecule has 0 aliphatic carbocycles. The molecule has 0 bridgehead atoms. The molecular formula is C20H28N2O4. The van der Waals surface area contributed by atoms with E-state index in [4.69, 9.17) is 5.11 Å². The lowest BCUT2D eigenvalue weighted by molar-refractivity contribution is -0.148. The number of carbonyl (C=O) groups excluding carboxylic acids is 2. The Bertz CT molecular complexity index is 682. The van der Waals surface area contributed by atoms with Crippen LogP contribution in [0.2, 0.25) is 0 Å². The van der Waals surface area contributed by atoms with Gasteiger partial charge in [0.15, 0.2) is 0 Å². The Hall–Kier alpha value is -2.37. The van der Waals surface area contributed by atoms with E-state index in [9.17, 15) is 14.4 Å². The van der Waals surface area contributed by atoms with E-state index < -0.39 is 17.3 Å². The number of nitrogens with zero attached hydrogens (tertiary/aromatic N) is 2. The van der Waals surface area contributed by atoms with Crippen molar-refractivity contribution in [2.45, 2.75) is 39.0 Å². The largest absolute Gasteiger partial charge is 0.481 e. The summed E-state index contributed by atoms with van der Waals surface area (Å²) < 4.78 is 0. The summed E-state index contributed by atoms with van der Waals surface area (Å²) in [5.41, 5.74) is 1.28. The van der Waals surface area contributed by atoms with Crippen LogP contribution in [0.1, 0.15) is 37.8 Å². The molecule has 2 rings (SSSR count). The number of carbonyl (C=O) groups is 3. The summed E-state index contributed by atoms with van der Waals surface area (Å²) in [6.45, 7) is 6.42. The zero-order valence-corrected chi connectivity index (χ0v) is 16.0. The van der Waals surface area contributed by atoms with Gasteiger partial charge in [-0.15, -0.1) is 0 Å². The van der Waals surface area contributed by atoms with Gasteiger partial charge >= 0.3 is 5.97 Å². The molecule has 1 aliphatic rings. The third-order valence-corrected chi connectivity index (χ3v) is 5.15. The maximum absolute atomic E-state index is 12.9. The topological polar surface area (TPSA) is 77.9 Å².